The summed E-state index contributed by atoms with van der Waals surface area (Å²) < 4.78 is 16.4. The van der Waals surface area contributed by atoms with Crippen molar-refractivity contribution in [1.29, 1.82) is 0 Å². The number of nitrogens with zero attached hydrogens (tertiary/aromatic N) is 2. The number of hydrogen-bond donors (Lipinski definition) is 1. The van der Waals surface area contributed by atoms with E-state index in [0.29, 0.717) is 35.7 Å². The van der Waals surface area contributed by atoms with Crippen LogP contribution in [0.25, 0.3) is 0 Å². The molecule has 0 unspecified atom stereocenters. The van der Waals surface area contributed by atoms with Crippen LogP contribution < -0.4 is 14.8 Å². The second-order valence-electron chi connectivity index (χ2n) is 9.26. The Bertz CT molecular complexity index is 1100. The van der Waals surface area contributed by atoms with E-state index in [1.165, 1.54) is 5.56 Å². The smallest absolute Gasteiger partial charge is 0.254 e. The first kappa shape index (κ1) is 23.6. The van der Waals surface area contributed by atoms with Gasteiger partial charge in [0.1, 0.15) is 0 Å². The van der Waals surface area contributed by atoms with E-state index in [0.717, 1.165) is 51.3 Å². The predicted molar refractivity (Wildman–Crippen MR) is 131 cm³/mol. The maximum absolute atomic E-state index is 13.8. The summed E-state index contributed by atoms with van der Waals surface area (Å²) in [5, 5.41) is 3.17. The lowest BCUT2D eigenvalue weighted by Crippen LogP contribution is -2.50. The summed E-state index contributed by atoms with van der Waals surface area (Å²) in [6.07, 6.45) is 1.63. The fraction of sp³-hybridized carbons (Fsp3) is 0.481. The van der Waals surface area contributed by atoms with Crippen molar-refractivity contribution >= 4 is 11.8 Å². The van der Waals surface area contributed by atoms with E-state index in [-0.39, 0.29) is 17.9 Å². The molecule has 2 amide bonds. The van der Waals surface area contributed by atoms with Crippen LogP contribution in [-0.4, -0.2) is 81.8 Å². The molecule has 3 heterocycles. The molecule has 3 aliphatic heterocycles. The highest BCUT2D eigenvalue weighted by Gasteiger charge is 2.46. The van der Waals surface area contributed by atoms with Gasteiger partial charge in [0, 0.05) is 31.7 Å². The van der Waals surface area contributed by atoms with E-state index in [9.17, 15) is 9.59 Å². The zero-order chi connectivity index (χ0) is 24.4. The molecule has 0 radical (unpaired) electrons. The van der Waals surface area contributed by atoms with Crippen molar-refractivity contribution in [3.05, 3.63) is 58.7 Å². The molecule has 35 heavy (non-hydrogen) atoms. The lowest BCUT2D eigenvalue weighted by atomic mass is 9.75. The molecule has 186 valence electrons. The van der Waals surface area contributed by atoms with Gasteiger partial charge >= 0.3 is 0 Å². The molecule has 0 bridgehead atoms. The number of carbonyl (C=O) groups excluding carboxylic acids is 2. The molecule has 0 aromatic heterocycles. The van der Waals surface area contributed by atoms with Crippen molar-refractivity contribution in [1.82, 2.24) is 15.1 Å². The van der Waals surface area contributed by atoms with E-state index in [1.807, 2.05) is 23.1 Å². The second kappa shape index (κ2) is 10.3. The molecule has 1 N–H and O–H groups in total. The SMILES string of the molecule is COc1cc2c(cc1OC)[C@H](C(=O)NCCCN1CCOCC1)[C@@H]1c3ccccc3CCN1C2=O. The lowest BCUT2D eigenvalue weighted by Gasteiger charge is -2.45. The molecule has 1 saturated heterocycles. The third kappa shape index (κ3) is 4.48. The molecule has 3 aliphatic rings. The third-order valence-electron chi connectivity index (χ3n) is 7.37. The maximum Gasteiger partial charge on any atom is 0.254 e. The molecule has 5 rings (SSSR count). The summed E-state index contributed by atoms with van der Waals surface area (Å²) >= 11 is 0. The Morgan fingerprint density at radius 3 is 2.57 bits per heavy atom. The van der Waals surface area contributed by atoms with Crippen molar-refractivity contribution in [2.24, 2.45) is 0 Å². The second-order valence-corrected chi connectivity index (χ2v) is 9.26. The molecule has 1 fully saturated rings. The van der Waals surface area contributed by atoms with Crippen molar-refractivity contribution in [2.45, 2.75) is 24.8 Å². The molecule has 2 atom stereocenters. The molecule has 0 aliphatic carbocycles. The quantitative estimate of drug-likeness (QED) is 0.615. The molecular formula is C27H33N3O5. The molecule has 2 aromatic rings. The van der Waals surface area contributed by atoms with Gasteiger partial charge in [-0.1, -0.05) is 24.3 Å². The summed E-state index contributed by atoms with van der Waals surface area (Å²) in [5.41, 5.74) is 3.43. The molecule has 8 nitrogen and oxygen atoms in total. The van der Waals surface area contributed by atoms with Gasteiger partial charge in [0.2, 0.25) is 5.91 Å². The zero-order valence-electron chi connectivity index (χ0n) is 20.4. The average Bonchev–Trinajstić information content (AvgIpc) is 2.91. The van der Waals surface area contributed by atoms with Gasteiger partial charge in [-0.15, -0.1) is 0 Å². The van der Waals surface area contributed by atoms with Crippen molar-refractivity contribution in [2.75, 3.05) is 60.2 Å². The Kier molecular flexibility index (Phi) is 6.92. The van der Waals surface area contributed by atoms with Crippen molar-refractivity contribution in [3.8, 4) is 11.5 Å². The summed E-state index contributed by atoms with van der Waals surface area (Å²) in [4.78, 5) is 31.6. The van der Waals surface area contributed by atoms with Crippen LogP contribution in [-0.2, 0) is 16.0 Å². The van der Waals surface area contributed by atoms with Crippen LogP contribution in [0.4, 0.5) is 0 Å². The van der Waals surface area contributed by atoms with Crippen LogP contribution in [0.2, 0.25) is 0 Å². The van der Waals surface area contributed by atoms with E-state index in [4.69, 9.17) is 14.2 Å². The molecule has 0 saturated carbocycles. The molecule has 2 aromatic carbocycles. The van der Waals surface area contributed by atoms with E-state index in [2.05, 4.69) is 16.3 Å². The van der Waals surface area contributed by atoms with Gasteiger partial charge in [0.05, 0.1) is 39.4 Å². The van der Waals surface area contributed by atoms with Crippen LogP contribution in [0.5, 0.6) is 11.5 Å². The van der Waals surface area contributed by atoms with Gasteiger partial charge in [0.25, 0.3) is 5.91 Å². The Labute approximate surface area is 206 Å². The minimum Gasteiger partial charge on any atom is -0.493 e. The van der Waals surface area contributed by atoms with Crippen LogP contribution >= 0.6 is 0 Å². The topological polar surface area (TPSA) is 80.3 Å². The van der Waals surface area contributed by atoms with Crippen LogP contribution in [0.3, 0.4) is 0 Å². The van der Waals surface area contributed by atoms with E-state index in [1.54, 1.807) is 26.4 Å². The van der Waals surface area contributed by atoms with Gasteiger partial charge in [-0.05, 0) is 48.2 Å². The summed E-state index contributed by atoms with van der Waals surface area (Å²) in [7, 11) is 3.12. The fourth-order valence-corrected chi connectivity index (χ4v) is 5.58. The van der Waals surface area contributed by atoms with Crippen LogP contribution in [0, 0.1) is 0 Å². The van der Waals surface area contributed by atoms with Crippen LogP contribution in [0.15, 0.2) is 36.4 Å². The van der Waals surface area contributed by atoms with Crippen molar-refractivity contribution < 1.29 is 23.8 Å². The van der Waals surface area contributed by atoms with Gasteiger partial charge in [-0.25, -0.2) is 0 Å². The summed E-state index contributed by atoms with van der Waals surface area (Å²) in [6, 6.07) is 11.3. The number of fused-ring (bicyclic) bond motifs is 4. The number of nitrogens with one attached hydrogen (secondary N) is 1. The first-order valence-corrected chi connectivity index (χ1v) is 12.3. The Balaban J connectivity index is 1.46. The first-order chi connectivity index (χ1) is 17.1. The van der Waals surface area contributed by atoms with Crippen LogP contribution in [0.1, 0.15) is 45.4 Å². The summed E-state index contributed by atoms with van der Waals surface area (Å²) in [6.45, 7) is 5.48. The molecular weight excluding hydrogens is 446 g/mol. The highest BCUT2D eigenvalue weighted by Crippen LogP contribution is 2.48. The number of methoxy groups -OCH3 is 2. The fourth-order valence-electron chi connectivity index (χ4n) is 5.58. The number of hydrogen-bond acceptors (Lipinski definition) is 6. The highest BCUT2D eigenvalue weighted by atomic mass is 16.5. The van der Waals surface area contributed by atoms with E-state index >= 15 is 0 Å². The largest absolute Gasteiger partial charge is 0.493 e. The lowest BCUT2D eigenvalue weighted by molar-refractivity contribution is -0.124. The zero-order valence-corrected chi connectivity index (χ0v) is 20.4. The number of carbonyl (C=O) groups is 2. The normalized spacial score (nSPS) is 21.5. The monoisotopic (exact) mass is 479 g/mol. The Morgan fingerprint density at radius 2 is 1.80 bits per heavy atom. The van der Waals surface area contributed by atoms with Crippen molar-refractivity contribution in [3.63, 3.8) is 0 Å². The average molecular weight is 480 g/mol. The Morgan fingerprint density at radius 1 is 1.06 bits per heavy atom. The van der Waals surface area contributed by atoms with Gasteiger partial charge in [0.15, 0.2) is 11.5 Å². The van der Waals surface area contributed by atoms with Gasteiger partial charge < -0.3 is 24.4 Å². The minimum absolute atomic E-state index is 0.0698. The standard InChI is InChI=1S/C27H33N3O5/c1-33-22-16-20-21(17-23(22)34-2)27(32)30-11-8-18-6-3-4-7-19(18)25(30)24(20)26(31)28-9-5-10-29-12-14-35-15-13-29/h3-4,6-7,16-17,24-25H,5,8-15H2,1-2H3,(H,28,31)/t24-,25-/m0/s1. The number of ether oxygens (including phenoxy) is 3. The molecule has 8 heteroatoms. The molecule has 0 spiro atoms. The van der Waals surface area contributed by atoms with Gasteiger partial charge in [-0.3, -0.25) is 14.5 Å². The minimum atomic E-state index is -0.535. The number of rotatable bonds is 7. The Hall–Kier alpha value is -3.10. The number of amides is 2. The number of morpholine rings is 1. The highest BCUT2D eigenvalue weighted by molar-refractivity contribution is 6.02. The third-order valence-corrected chi connectivity index (χ3v) is 7.37. The first-order valence-electron chi connectivity index (χ1n) is 12.3. The summed E-state index contributed by atoms with van der Waals surface area (Å²) in [5.74, 6) is 0.325. The van der Waals surface area contributed by atoms with Gasteiger partial charge in [-0.2, -0.15) is 0 Å². The van der Waals surface area contributed by atoms with E-state index < -0.39 is 5.92 Å². The maximum atomic E-state index is 13.8. The number of benzene rings is 2. The predicted octanol–water partition coefficient (Wildman–Crippen LogP) is 2.38.